The van der Waals surface area contributed by atoms with Crippen molar-refractivity contribution in [2.24, 2.45) is 0 Å². The molecule has 1 aromatic carbocycles. The molecule has 1 aromatic rings. The number of para-hydroxylation sites is 1. The topological polar surface area (TPSA) is 29.5 Å². The van der Waals surface area contributed by atoms with E-state index in [-0.39, 0.29) is 6.61 Å². The van der Waals surface area contributed by atoms with Crippen LogP contribution in [-0.2, 0) is 0 Å². The predicted molar refractivity (Wildman–Crippen MR) is 55.9 cm³/mol. The number of benzene rings is 1. The Morgan fingerprint density at radius 2 is 2.08 bits per heavy atom. The second kappa shape index (κ2) is 5.78. The van der Waals surface area contributed by atoms with Gasteiger partial charge in [-0.1, -0.05) is 18.2 Å². The van der Waals surface area contributed by atoms with Crippen LogP contribution in [-0.4, -0.2) is 18.3 Å². The Balaban J connectivity index is 2.45. The van der Waals surface area contributed by atoms with Crippen LogP contribution >= 0.6 is 15.9 Å². The first-order chi connectivity index (χ1) is 6.34. The summed E-state index contributed by atoms with van der Waals surface area (Å²) >= 11 is 3.37. The molecule has 13 heavy (non-hydrogen) atoms. The number of rotatable bonds is 4. The van der Waals surface area contributed by atoms with E-state index < -0.39 is 0 Å². The summed E-state index contributed by atoms with van der Waals surface area (Å²) in [4.78, 5) is 0. The highest BCUT2D eigenvalue weighted by Crippen LogP contribution is 2.23. The van der Waals surface area contributed by atoms with E-state index in [4.69, 9.17) is 9.84 Å². The van der Waals surface area contributed by atoms with E-state index in [1.165, 1.54) is 0 Å². The van der Waals surface area contributed by atoms with Gasteiger partial charge in [-0.25, -0.2) is 0 Å². The first-order valence-corrected chi connectivity index (χ1v) is 4.77. The summed E-state index contributed by atoms with van der Waals surface area (Å²) < 4.78 is 6.33. The fourth-order valence-electron chi connectivity index (χ4n) is 0.842. The van der Waals surface area contributed by atoms with Crippen LogP contribution in [0.5, 0.6) is 5.75 Å². The lowest BCUT2D eigenvalue weighted by atomic mass is 10.3. The van der Waals surface area contributed by atoms with Gasteiger partial charge in [0.15, 0.2) is 0 Å². The van der Waals surface area contributed by atoms with E-state index in [1.54, 1.807) is 12.2 Å². The average Bonchev–Trinajstić information content (AvgIpc) is 2.15. The Kier molecular flexibility index (Phi) is 4.57. The second-order valence-corrected chi connectivity index (χ2v) is 3.25. The van der Waals surface area contributed by atoms with Crippen molar-refractivity contribution in [2.75, 3.05) is 13.2 Å². The first-order valence-electron chi connectivity index (χ1n) is 3.98. The summed E-state index contributed by atoms with van der Waals surface area (Å²) in [5, 5.41) is 8.47. The molecule has 0 aromatic heterocycles. The molecule has 0 spiro atoms. The molecule has 70 valence electrons. The summed E-state index contributed by atoms with van der Waals surface area (Å²) in [5.41, 5.74) is 0. The highest BCUT2D eigenvalue weighted by atomic mass is 79.9. The van der Waals surface area contributed by atoms with Crippen molar-refractivity contribution in [1.82, 2.24) is 0 Å². The Labute approximate surface area is 86.0 Å². The molecule has 1 N–H and O–H groups in total. The standard InChI is InChI=1S/C10H11BrO2/c11-9-5-1-2-6-10(9)13-8-4-3-7-12/h1-6,12H,7-8H2/b4-3+. The number of hydrogen-bond donors (Lipinski definition) is 1. The molecular formula is C10H11BrO2. The van der Waals surface area contributed by atoms with Crippen molar-refractivity contribution in [3.63, 3.8) is 0 Å². The maximum Gasteiger partial charge on any atom is 0.133 e. The van der Waals surface area contributed by atoms with Gasteiger partial charge in [-0.05, 0) is 34.1 Å². The molecule has 0 aliphatic rings. The lowest BCUT2D eigenvalue weighted by Crippen LogP contribution is -1.94. The van der Waals surface area contributed by atoms with Gasteiger partial charge in [0, 0.05) is 0 Å². The molecule has 0 amide bonds. The summed E-state index contributed by atoms with van der Waals surface area (Å²) in [6.45, 7) is 0.530. The quantitative estimate of drug-likeness (QED) is 0.822. The van der Waals surface area contributed by atoms with Crippen LogP contribution in [0.4, 0.5) is 0 Å². The summed E-state index contributed by atoms with van der Waals surface area (Å²) in [5.74, 6) is 0.810. The normalized spacial score (nSPS) is 10.6. The van der Waals surface area contributed by atoms with Crippen molar-refractivity contribution in [1.29, 1.82) is 0 Å². The predicted octanol–water partition coefficient (Wildman–Crippen LogP) is 2.38. The number of hydrogen-bond acceptors (Lipinski definition) is 2. The molecule has 0 atom stereocenters. The number of ether oxygens (including phenoxy) is 1. The second-order valence-electron chi connectivity index (χ2n) is 2.40. The van der Waals surface area contributed by atoms with Gasteiger partial charge >= 0.3 is 0 Å². The van der Waals surface area contributed by atoms with Crippen LogP contribution in [0.3, 0.4) is 0 Å². The summed E-state index contributed by atoms with van der Waals surface area (Å²) in [6, 6.07) is 7.65. The van der Waals surface area contributed by atoms with Crippen LogP contribution in [0, 0.1) is 0 Å². The van der Waals surface area contributed by atoms with Gasteiger partial charge in [-0.2, -0.15) is 0 Å². The minimum Gasteiger partial charge on any atom is -0.488 e. The van der Waals surface area contributed by atoms with Gasteiger partial charge in [0.25, 0.3) is 0 Å². The van der Waals surface area contributed by atoms with E-state index in [2.05, 4.69) is 15.9 Å². The molecule has 0 fully saturated rings. The highest BCUT2D eigenvalue weighted by molar-refractivity contribution is 9.10. The van der Waals surface area contributed by atoms with Crippen molar-refractivity contribution in [2.45, 2.75) is 0 Å². The molecule has 0 saturated carbocycles. The van der Waals surface area contributed by atoms with E-state index in [0.717, 1.165) is 10.2 Å². The van der Waals surface area contributed by atoms with Crippen molar-refractivity contribution in [3.8, 4) is 5.75 Å². The fraction of sp³-hybridized carbons (Fsp3) is 0.200. The molecule has 0 heterocycles. The van der Waals surface area contributed by atoms with E-state index in [0.29, 0.717) is 6.61 Å². The van der Waals surface area contributed by atoms with Gasteiger partial charge in [0.2, 0.25) is 0 Å². The first kappa shape index (κ1) is 10.3. The van der Waals surface area contributed by atoms with Gasteiger partial charge in [-0.3, -0.25) is 0 Å². The zero-order valence-electron chi connectivity index (χ0n) is 7.11. The van der Waals surface area contributed by atoms with Crippen LogP contribution < -0.4 is 4.74 Å². The summed E-state index contributed by atoms with van der Waals surface area (Å²) in [7, 11) is 0. The van der Waals surface area contributed by atoms with E-state index >= 15 is 0 Å². The maximum atomic E-state index is 8.47. The highest BCUT2D eigenvalue weighted by Gasteiger charge is 1.95. The lowest BCUT2D eigenvalue weighted by molar-refractivity contribution is 0.336. The van der Waals surface area contributed by atoms with Crippen LogP contribution in [0.2, 0.25) is 0 Å². The largest absolute Gasteiger partial charge is 0.488 e. The van der Waals surface area contributed by atoms with Crippen molar-refractivity contribution < 1.29 is 9.84 Å². The number of halogens is 1. The maximum absolute atomic E-state index is 8.47. The van der Waals surface area contributed by atoms with Crippen LogP contribution in [0.15, 0.2) is 40.9 Å². The Morgan fingerprint density at radius 3 is 2.77 bits per heavy atom. The van der Waals surface area contributed by atoms with Gasteiger partial charge in [0.05, 0.1) is 11.1 Å². The van der Waals surface area contributed by atoms with Crippen molar-refractivity contribution >= 4 is 15.9 Å². The summed E-state index contributed by atoms with van der Waals surface area (Å²) in [6.07, 6.45) is 3.43. The van der Waals surface area contributed by atoms with E-state index in [9.17, 15) is 0 Å². The molecule has 0 aliphatic carbocycles. The third-order valence-electron chi connectivity index (χ3n) is 1.44. The molecule has 2 nitrogen and oxygen atoms in total. The minimum absolute atomic E-state index is 0.0549. The Morgan fingerprint density at radius 1 is 1.31 bits per heavy atom. The zero-order valence-corrected chi connectivity index (χ0v) is 8.70. The molecule has 1 rings (SSSR count). The smallest absolute Gasteiger partial charge is 0.133 e. The van der Waals surface area contributed by atoms with E-state index in [1.807, 2.05) is 24.3 Å². The molecule has 0 unspecified atom stereocenters. The Bertz CT molecular complexity index is 284. The van der Waals surface area contributed by atoms with Crippen molar-refractivity contribution in [3.05, 3.63) is 40.9 Å². The van der Waals surface area contributed by atoms with Crippen LogP contribution in [0.1, 0.15) is 0 Å². The molecule has 0 radical (unpaired) electrons. The minimum atomic E-state index is 0.0549. The molecular weight excluding hydrogens is 232 g/mol. The molecule has 0 aliphatic heterocycles. The molecule has 0 bridgehead atoms. The zero-order chi connectivity index (χ0) is 9.52. The third-order valence-corrected chi connectivity index (χ3v) is 2.10. The third kappa shape index (κ3) is 3.61. The van der Waals surface area contributed by atoms with Gasteiger partial charge in [-0.15, -0.1) is 0 Å². The van der Waals surface area contributed by atoms with Gasteiger partial charge < -0.3 is 9.84 Å². The average molecular weight is 243 g/mol. The van der Waals surface area contributed by atoms with Gasteiger partial charge in [0.1, 0.15) is 12.4 Å². The lowest BCUT2D eigenvalue weighted by Gasteiger charge is -2.04. The Hall–Kier alpha value is -0.800. The molecule has 3 heteroatoms. The SMILES string of the molecule is OC/C=C/COc1ccccc1Br. The monoisotopic (exact) mass is 242 g/mol. The molecule has 0 saturated heterocycles. The number of aliphatic hydroxyl groups is 1. The fourth-order valence-corrected chi connectivity index (χ4v) is 1.24. The van der Waals surface area contributed by atoms with Crippen LogP contribution in [0.25, 0.3) is 0 Å². The number of aliphatic hydroxyl groups excluding tert-OH is 1.